The van der Waals surface area contributed by atoms with Crippen LogP contribution in [0.15, 0.2) is 42.5 Å². The summed E-state index contributed by atoms with van der Waals surface area (Å²) in [5, 5.41) is 2.18. The number of rotatable bonds is 6. The molecule has 1 N–H and O–H groups in total. The van der Waals surface area contributed by atoms with E-state index < -0.39 is 10.0 Å². The normalized spacial score (nSPS) is 13.5. The topological polar surface area (TPSA) is 46.2 Å². The Kier molecular flexibility index (Phi) is 5.02. The number of nitrogens with one attached hydrogen (secondary N) is 1. The lowest BCUT2D eigenvalue weighted by Crippen LogP contribution is -2.29. The van der Waals surface area contributed by atoms with Crippen LogP contribution in [0, 0.1) is 0 Å². The Morgan fingerprint density at radius 3 is 2.60 bits per heavy atom. The minimum absolute atomic E-state index is 0.0611. The Labute approximate surface area is 125 Å². The predicted octanol–water partition coefficient (Wildman–Crippen LogP) is 3.45. The molecule has 0 aliphatic carbocycles. The van der Waals surface area contributed by atoms with Crippen molar-refractivity contribution in [1.29, 1.82) is 0 Å². The molecule has 108 valence electrons. The van der Waals surface area contributed by atoms with Crippen molar-refractivity contribution >= 4 is 32.4 Å². The largest absolute Gasteiger partial charge is 0.212 e. The molecule has 1 unspecified atom stereocenters. The smallest absolute Gasteiger partial charge is 0.212 e. The Bertz CT molecular complexity index is 680. The van der Waals surface area contributed by atoms with E-state index in [1.807, 2.05) is 49.4 Å². The van der Waals surface area contributed by atoms with Crippen LogP contribution < -0.4 is 4.72 Å². The average Bonchev–Trinajstić information content (AvgIpc) is 2.44. The summed E-state index contributed by atoms with van der Waals surface area (Å²) in [7, 11) is -3.29. The standard InChI is InChI=1S/C15H18ClNO2S/c1-12(17-20(18,19)11-5-10-16)14-9-4-7-13-6-2-3-8-15(13)14/h2-4,6-9,12,17H,5,10-11H2,1H3. The Morgan fingerprint density at radius 2 is 1.85 bits per heavy atom. The molecule has 5 heteroatoms. The van der Waals surface area contributed by atoms with Crippen molar-refractivity contribution in [3.8, 4) is 0 Å². The van der Waals surface area contributed by atoms with Gasteiger partial charge >= 0.3 is 0 Å². The van der Waals surface area contributed by atoms with Gasteiger partial charge in [-0.15, -0.1) is 11.6 Å². The maximum atomic E-state index is 11.9. The summed E-state index contributed by atoms with van der Waals surface area (Å²) in [6.45, 7) is 1.86. The van der Waals surface area contributed by atoms with Crippen molar-refractivity contribution in [1.82, 2.24) is 4.72 Å². The summed E-state index contributed by atoms with van der Waals surface area (Å²) in [5.74, 6) is 0.412. The Morgan fingerprint density at radius 1 is 1.15 bits per heavy atom. The molecule has 0 spiro atoms. The van der Waals surface area contributed by atoms with Crippen LogP contribution in [0.25, 0.3) is 10.8 Å². The molecule has 0 aliphatic rings. The van der Waals surface area contributed by atoms with Gasteiger partial charge in [0.05, 0.1) is 5.75 Å². The maximum absolute atomic E-state index is 11.9. The van der Waals surface area contributed by atoms with Gasteiger partial charge in [0.15, 0.2) is 0 Å². The number of fused-ring (bicyclic) bond motifs is 1. The van der Waals surface area contributed by atoms with Crippen LogP contribution in [0.3, 0.4) is 0 Å². The Hall–Kier alpha value is -1.10. The van der Waals surface area contributed by atoms with E-state index >= 15 is 0 Å². The minimum Gasteiger partial charge on any atom is -0.212 e. The first kappa shape index (κ1) is 15.3. The van der Waals surface area contributed by atoms with Gasteiger partial charge in [0, 0.05) is 11.9 Å². The highest BCUT2D eigenvalue weighted by Crippen LogP contribution is 2.24. The fraction of sp³-hybridized carbons (Fsp3) is 0.333. The molecule has 1 atom stereocenters. The van der Waals surface area contributed by atoms with E-state index in [1.165, 1.54) is 0 Å². The molecular formula is C15H18ClNO2S. The van der Waals surface area contributed by atoms with E-state index in [9.17, 15) is 8.42 Å². The second kappa shape index (κ2) is 6.57. The summed E-state index contributed by atoms with van der Waals surface area (Å²) in [6, 6.07) is 13.6. The van der Waals surface area contributed by atoms with Gasteiger partial charge in [-0.1, -0.05) is 42.5 Å². The molecule has 0 bridgehead atoms. The van der Waals surface area contributed by atoms with Crippen molar-refractivity contribution in [3.05, 3.63) is 48.0 Å². The molecular weight excluding hydrogens is 294 g/mol. The van der Waals surface area contributed by atoms with Crippen molar-refractivity contribution in [2.45, 2.75) is 19.4 Å². The van der Waals surface area contributed by atoms with Crippen LogP contribution in [0.5, 0.6) is 0 Å². The molecule has 2 aromatic rings. The zero-order valence-corrected chi connectivity index (χ0v) is 12.9. The highest BCUT2D eigenvalue weighted by molar-refractivity contribution is 7.89. The molecule has 0 fully saturated rings. The average molecular weight is 312 g/mol. The molecule has 3 nitrogen and oxygen atoms in total. The number of hydrogen-bond donors (Lipinski definition) is 1. The van der Waals surface area contributed by atoms with Crippen molar-refractivity contribution < 1.29 is 8.42 Å². The number of alkyl halides is 1. The lowest BCUT2D eigenvalue weighted by molar-refractivity contribution is 0.566. The van der Waals surface area contributed by atoms with Crippen LogP contribution in [-0.4, -0.2) is 20.1 Å². The van der Waals surface area contributed by atoms with Crippen LogP contribution in [0.4, 0.5) is 0 Å². The fourth-order valence-electron chi connectivity index (χ4n) is 2.26. The minimum atomic E-state index is -3.29. The molecule has 0 saturated carbocycles. The van der Waals surface area contributed by atoms with Crippen molar-refractivity contribution in [2.24, 2.45) is 0 Å². The second-order valence-corrected chi connectivity index (χ2v) is 7.02. The monoisotopic (exact) mass is 311 g/mol. The first-order valence-corrected chi connectivity index (χ1v) is 8.76. The van der Waals surface area contributed by atoms with Crippen molar-refractivity contribution in [3.63, 3.8) is 0 Å². The van der Waals surface area contributed by atoms with Gasteiger partial charge in [-0.25, -0.2) is 13.1 Å². The van der Waals surface area contributed by atoms with Crippen LogP contribution in [-0.2, 0) is 10.0 Å². The number of hydrogen-bond acceptors (Lipinski definition) is 2. The maximum Gasteiger partial charge on any atom is 0.212 e. The summed E-state index contributed by atoms with van der Waals surface area (Å²) < 4.78 is 26.6. The third kappa shape index (κ3) is 3.72. The van der Waals surface area contributed by atoms with E-state index in [4.69, 9.17) is 11.6 Å². The fourth-order valence-corrected chi connectivity index (χ4v) is 3.86. The van der Waals surface area contributed by atoms with E-state index in [0.717, 1.165) is 16.3 Å². The van der Waals surface area contributed by atoms with Crippen molar-refractivity contribution in [2.75, 3.05) is 11.6 Å². The predicted molar refractivity (Wildman–Crippen MR) is 84.6 cm³/mol. The Balaban J connectivity index is 2.26. The molecule has 0 aromatic heterocycles. The number of benzene rings is 2. The summed E-state index contributed by atoms with van der Waals surface area (Å²) in [6.07, 6.45) is 0.457. The van der Waals surface area contributed by atoms with Crippen LogP contribution in [0.1, 0.15) is 24.9 Å². The lowest BCUT2D eigenvalue weighted by Gasteiger charge is -2.16. The number of sulfonamides is 1. The molecule has 0 aliphatic heterocycles. The van der Waals surface area contributed by atoms with Crippen LogP contribution >= 0.6 is 11.6 Å². The first-order chi connectivity index (χ1) is 9.53. The van der Waals surface area contributed by atoms with Gasteiger partial charge in [0.2, 0.25) is 10.0 Å². The van der Waals surface area contributed by atoms with E-state index in [-0.39, 0.29) is 11.8 Å². The van der Waals surface area contributed by atoms with Gasteiger partial charge in [-0.2, -0.15) is 0 Å². The SMILES string of the molecule is CC(NS(=O)(=O)CCCCl)c1cccc2ccccc12. The molecule has 0 radical (unpaired) electrons. The molecule has 0 heterocycles. The van der Waals surface area contributed by atoms with Crippen LogP contribution in [0.2, 0.25) is 0 Å². The summed E-state index contributed by atoms with van der Waals surface area (Å²) >= 11 is 5.55. The third-order valence-electron chi connectivity index (χ3n) is 3.19. The van der Waals surface area contributed by atoms with Gasteiger partial charge < -0.3 is 0 Å². The summed E-state index contributed by atoms with van der Waals surface area (Å²) in [4.78, 5) is 0. The molecule has 20 heavy (non-hydrogen) atoms. The van der Waals surface area contributed by atoms with E-state index in [0.29, 0.717) is 12.3 Å². The molecule has 0 amide bonds. The summed E-state index contributed by atoms with van der Waals surface area (Å²) in [5.41, 5.74) is 0.984. The van der Waals surface area contributed by atoms with Gasteiger partial charge in [-0.05, 0) is 29.7 Å². The quantitative estimate of drug-likeness (QED) is 0.831. The zero-order valence-electron chi connectivity index (χ0n) is 11.3. The van der Waals surface area contributed by atoms with Gasteiger partial charge in [0.1, 0.15) is 0 Å². The molecule has 2 aromatic carbocycles. The third-order valence-corrected chi connectivity index (χ3v) is 5.00. The van der Waals surface area contributed by atoms with Gasteiger partial charge in [-0.3, -0.25) is 0 Å². The van der Waals surface area contributed by atoms with E-state index in [2.05, 4.69) is 4.72 Å². The number of halogens is 1. The first-order valence-electron chi connectivity index (χ1n) is 6.57. The highest BCUT2D eigenvalue weighted by Gasteiger charge is 2.16. The van der Waals surface area contributed by atoms with E-state index in [1.54, 1.807) is 0 Å². The lowest BCUT2D eigenvalue weighted by atomic mass is 10.0. The second-order valence-electron chi connectivity index (χ2n) is 4.77. The highest BCUT2D eigenvalue weighted by atomic mass is 35.5. The molecule has 0 saturated heterocycles. The zero-order chi connectivity index (χ0) is 14.6. The van der Waals surface area contributed by atoms with Gasteiger partial charge in [0.25, 0.3) is 0 Å². The molecule has 2 rings (SSSR count).